The van der Waals surface area contributed by atoms with Crippen molar-refractivity contribution in [1.29, 1.82) is 0 Å². The van der Waals surface area contributed by atoms with E-state index in [1.165, 1.54) is 36.6 Å². The van der Waals surface area contributed by atoms with E-state index in [2.05, 4.69) is 10.0 Å². The lowest BCUT2D eigenvalue weighted by molar-refractivity contribution is -0.137. The molecule has 3 rings (SSSR count). The number of carbonyl (C=O) groups is 1. The monoisotopic (exact) mass is 424 g/mol. The molecule has 6 nitrogen and oxygen atoms in total. The van der Waals surface area contributed by atoms with Crippen molar-refractivity contribution in [2.75, 3.05) is 5.32 Å². The number of sulfonamides is 1. The van der Waals surface area contributed by atoms with Crippen molar-refractivity contribution in [3.63, 3.8) is 0 Å². The van der Waals surface area contributed by atoms with Gasteiger partial charge in [-0.05, 0) is 42.5 Å². The van der Waals surface area contributed by atoms with Crippen LogP contribution in [0.2, 0.25) is 0 Å². The van der Waals surface area contributed by atoms with Crippen molar-refractivity contribution in [2.24, 2.45) is 0 Å². The maximum absolute atomic E-state index is 13.1. The van der Waals surface area contributed by atoms with E-state index in [1.807, 2.05) is 0 Å². The summed E-state index contributed by atoms with van der Waals surface area (Å²) in [6, 6.07) is 12.7. The Morgan fingerprint density at radius 1 is 1.00 bits per heavy atom. The summed E-state index contributed by atoms with van der Waals surface area (Å²) in [5.74, 6) is -0.599. The molecule has 0 saturated carbocycles. The van der Waals surface area contributed by atoms with Gasteiger partial charge in [0.25, 0.3) is 5.91 Å². The summed E-state index contributed by atoms with van der Waals surface area (Å²) in [5.41, 5.74) is -1.61. The van der Waals surface area contributed by atoms with Gasteiger partial charge in [0, 0.05) is 5.69 Å². The highest BCUT2D eigenvalue weighted by atomic mass is 32.2. The third-order valence-electron chi connectivity index (χ3n) is 3.90. The number of rotatable bonds is 6. The Bertz CT molecular complexity index is 1110. The molecule has 152 valence electrons. The van der Waals surface area contributed by atoms with Gasteiger partial charge in [-0.25, -0.2) is 13.1 Å². The average Bonchev–Trinajstić information content (AvgIpc) is 3.20. The highest BCUT2D eigenvalue weighted by molar-refractivity contribution is 7.89. The second-order valence-electron chi connectivity index (χ2n) is 5.93. The average molecular weight is 424 g/mol. The minimum atomic E-state index is -4.70. The van der Waals surface area contributed by atoms with Crippen LogP contribution in [0.4, 0.5) is 18.9 Å². The second kappa shape index (κ2) is 8.10. The molecule has 1 amide bonds. The minimum absolute atomic E-state index is 0.0350. The lowest BCUT2D eigenvalue weighted by Crippen LogP contribution is -2.23. The number of alkyl halides is 3. The number of anilines is 1. The zero-order valence-corrected chi connectivity index (χ0v) is 15.5. The Labute approximate surface area is 164 Å². The maximum atomic E-state index is 13.1. The summed E-state index contributed by atoms with van der Waals surface area (Å²) in [6.45, 7) is -0.0785. The third kappa shape index (κ3) is 5.04. The summed E-state index contributed by atoms with van der Waals surface area (Å²) in [7, 11) is -3.93. The number of hydrogen-bond acceptors (Lipinski definition) is 4. The Morgan fingerprint density at radius 3 is 2.45 bits per heavy atom. The van der Waals surface area contributed by atoms with E-state index in [9.17, 15) is 26.4 Å². The molecule has 29 heavy (non-hydrogen) atoms. The first-order valence-corrected chi connectivity index (χ1v) is 9.75. The minimum Gasteiger partial charge on any atom is -0.468 e. The quantitative estimate of drug-likeness (QED) is 0.625. The van der Waals surface area contributed by atoms with Gasteiger partial charge in [-0.15, -0.1) is 0 Å². The molecule has 0 aliphatic rings. The molecular formula is C19H15F3N2O4S. The van der Waals surface area contributed by atoms with Gasteiger partial charge < -0.3 is 9.73 Å². The molecule has 0 fully saturated rings. The predicted molar refractivity (Wildman–Crippen MR) is 98.6 cm³/mol. The summed E-state index contributed by atoms with van der Waals surface area (Å²) >= 11 is 0. The number of benzene rings is 2. The van der Waals surface area contributed by atoms with Crippen LogP contribution in [0.25, 0.3) is 0 Å². The van der Waals surface area contributed by atoms with E-state index >= 15 is 0 Å². The molecule has 0 atom stereocenters. The van der Waals surface area contributed by atoms with Gasteiger partial charge in [-0.2, -0.15) is 13.2 Å². The summed E-state index contributed by atoms with van der Waals surface area (Å²) < 4.78 is 71.5. The van der Waals surface area contributed by atoms with E-state index in [1.54, 1.807) is 12.1 Å². The Balaban J connectivity index is 1.79. The summed E-state index contributed by atoms with van der Waals surface area (Å²) in [5, 5.41) is 2.30. The van der Waals surface area contributed by atoms with Crippen molar-refractivity contribution >= 4 is 21.6 Å². The Morgan fingerprint density at radius 2 is 1.76 bits per heavy atom. The van der Waals surface area contributed by atoms with Crippen LogP contribution >= 0.6 is 0 Å². The fraction of sp³-hybridized carbons (Fsp3) is 0.105. The van der Waals surface area contributed by atoms with Gasteiger partial charge in [0.15, 0.2) is 0 Å². The van der Waals surface area contributed by atoms with Gasteiger partial charge in [-0.3, -0.25) is 4.79 Å². The van der Waals surface area contributed by atoms with Crippen LogP contribution in [-0.4, -0.2) is 14.3 Å². The Kier molecular flexibility index (Phi) is 5.76. The SMILES string of the molecule is O=C(Nc1cccc(S(=O)(=O)NCc2ccco2)c1)c1ccccc1C(F)(F)F. The lowest BCUT2D eigenvalue weighted by atomic mass is 10.1. The molecule has 0 aliphatic heterocycles. The topological polar surface area (TPSA) is 88.4 Å². The lowest BCUT2D eigenvalue weighted by Gasteiger charge is -2.13. The van der Waals surface area contributed by atoms with Gasteiger partial charge >= 0.3 is 6.18 Å². The molecule has 1 aromatic heterocycles. The van der Waals surface area contributed by atoms with Crippen LogP contribution in [-0.2, 0) is 22.7 Å². The molecule has 0 radical (unpaired) electrons. The molecule has 0 spiro atoms. The number of halogens is 3. The molecule has 10 heteroatoms. The first-order chi connectivity index (χ1) is 13.7. The van der Waals surface area contributed by atoms with Gasteiger partial charge in [0.2, 0.25) is 10.0 Å². The zero-order valence-electron chi connectivity index (χ0n) is 14.7. The fourth-order valence-electron chi connectivity index (χ4n) is 2.53. The van der Waals surface area contributed by atoms with Crippen LogP contribution in [0.3, 0.4) is 0 Å². The van der Waals surface area contributed by atoms with E-state index in [0.29, 0.717) is 5.76 Å². The fourth-order valence-corrected chi connectivity index (χ4v) is 3.57. The standard InChI is InChI=1S/C19H15F3N2O4S/c20-19(21,22)17-9-2-1-8-16(17)18(25)24-13-5-3-7-15(11-13)29(26,27)23-12-14-6-4-10-28-14/h1-11,23H,12H2,(H,24,25). The van der Waals surface area contributed by atoms with E-state index in [0.717, 1.165) is 18.2 Å². The Hall–Kier alpha value is -3.11. The van der Waals surface area contributed by atoms with Crippen LogP contribution < -0.4 is 10.0 Å². The summed E-state index contributed by atoms with van der Waals surface area (Å²) in [6.07, 6.45) is -3.30. The maximum Gasteiger partial charge on any atom is 0.417 e. The molecule has 2 aromatic carbocycles. The predicted octanol–water partition coefficient (Wildman–Crippen LogP) is 4.03. The van der Waals surface area contributed by atoms with Crippen molar-refractivity contribution in [3.8, 4) is 0 Å². The van der Waals surface area contributed by atoms with Crippen molar-refractivity contribution in [1.82, 2.24) is 4.72 Å². The van der Waals surface area contributed by atoms with E-state index in [-0.39, 0.29) is 17.1 Å². The third-order valence-corrected chi connectivity index (χ3v) is 5.29. The molecule has 0 saturated heterocycles. The molecule has 2 N–H and O–H groups in total. The van der Waals surface area contributed by atoms with Gasteiger partial charge in [0.05, 0.1) is 28.8 Å². The van der Waals surface area contributed by atoms with E-state index in [4.69, 9.17) is 4.42 Å². The van der Waals surface area contributed by atoms with E-state index < -0.39 is 33.2 Å². The number of hydrogen-bond donors (Lipinski definition) is 2. The number of nitrogens with one attached hydrogen (secondary N) is 2. The number of furan rings is 1. The molecule has 0 unspecified atom stereocenters. The largest absolute Gasteiger partial charge is 0.468 e. The number of carbonyl (C=O) groups excluding carboxylic acids is 1. The smallest absolute Gasteiger partial charge is 0.417 e. The normalized spacial score (nSPS) is 12.0. The molecule has 3 aromatic rings. The number of amides is 1. The van der Waals surface area contributed by atoms with Crippen LogP contribution in [0.1, 0.15) is 21.7 Å². The molecule has 0 aliphatic carbocycles. The molecule has 1 heterocycles. The van der Waals surface area contributed by atoms with Crippen LogP contribution in [0.5, 0.6) is 0 Å². The van der Waals surface area contributed by atoms with Crippen LogP contribution in [0.15, 0.2) is 76.2 Å². The van der Waals surface area contributed by atoms with Crippen LogP contribution in [0, 0.1) is 0 Å². The second-order valence-corrected chi connectivity index (χ2v) is 7.70. The van der Waals surface area contributed by atoms with Gasteiger partial charge in [-0.1, -0.05) is 18.2 Å². The first-order valence-electron chi connectivity index (χ1n) is 8.26. The van der Waals surface area contributed by atoms with Gasteiger partial charge in [0.1, 0.15) is 5.76 Å². The summed E-state index contributed by atoms with van der Waals surface area (Å²) in [4.78, 5) is 12.2. The van der Waals surface area contributed by atoms with Crippen molar-refractivity contribution < 1.29 is 30.8 Å². The molecular weight excluding hydrogens is 409 g/mol. The van der Waals surface area contributed by atoms with Crippen molar-refractivity contribution in [3.05, 3.63) is 83.8 Å². The first kappa shape index (κ1) is 20.6. The highest BCUT2D eigenvalue weighted by Gasteiger charge is 2.34. The highest BCUT2D eigenvalue weighted by Crippen LogP contribution is 2.32. The van der Waals surface area contributed by atoms with Crippen molar-refractivity contribution in [2.45, 2.75) is 17.6 Å². The molecule has 0 bridgehead atoms. The zero-order chi connectivity index (χ0) is 21.1.